The summed E-state index contributed by atoms with van der Waals surface area (Å²) in [5.41, 5.74) is 1.27. The minimum absolute atomic E-state index is 0. The van der Waals surface area contributed by atoms with Gasteiger partial charge in [0.2, 0.25) is 0 Å². The molecule has 0 aromatic heterocycles. The van der Waals surface area contributed by atoms with Gasteiger partial charge in [-0.05, 0) is 82.7 Å². The van der Waals surface area contributed by atoms with E-state index in [1.807, 2.05) is 13.0 Å². The molecule has 3 rings (SSSR count). The van der Waals surface area contributed by atoms with E-state index in [9.17, 15) is 0 Å². The fraction of sp³-hybridized carbons (Fsp3) is 0.708. The molecule has 0 amide bonds. The second kappa shape index (κ2) is 14.0. The van der Waals surface area contributed by atoms with Gasteiger partial charge in [-0.2, -0.15) is 0 Å². The number of guanidine groups is 1. The lowest BCUT2D eigenvalue weighted by atomic mass is 10.1. The molecule has 1 atom stereocenters. The number of hydrogen-bond acceptors (Lipinski definition) is 4. The average molecular weight is 545 g/mol. The van der Waals surface area contributed by atoms with Crippen molar-refractivity contribution in [2.24, 2.45) is 10.9 Å². The predicted octanol–water partition coefficient (Wildman–Crippen LogP) is 4.03. The maximum absolute atomic E-state index is 5.70. The molecule has 1 unspecified atom stereocenters. The molecule has 0 saturated carbocycles. The summed E-state index contributed by atoms with van der Waals surface area (Å²) in [4.78, 5) is 10.0. The molecule has 1 aromatic carbocycles. The maximum Gasteiger partial charge on any atom is 0.193 e. The van der Waals surface area contributed by atoms with Crippen LogP contribution in [0.3, 0.4) is 0 Å². The molecule has 2 fully saturated rings. The summed E-state index contributed by atoms with van der Waals surface area (Å²) in [6, 6.07) is 6.22. The van der Waals surface area contributed by atoms with E-state index in [2.05, 4.69) is 34.2 Å². The zero-order chi connectivity index (χ0) is 21.2. The molecule has 0 spiro atoms. The second-order valence-electron chi connectivity index (χ2n) is 8.37. The topological polar surface area (TPSA) is 49.3 Å². The molecular weight excluding hydrogens is 503 g/mol. The van der Waals surface area contributed by atoms with Gasteiger partial charge in [0.15, 0.2) is 17.5 Å². The number of methoxy groups -OCH3 is 1. The Kier molecular flexibility index (Phi) is 11.8. The number of rotatable bonds is 10. The standard InChI is InChI=1S/C24H40N4O2.HI/c1-4-25-24(28-16-12-21(19-28)18-27-14-6-7-15-27)26-13-8-9-20-10-11-22(29-3)23(17-20)30-5-2;/h10-11,17,21H,4-9,12-16,18-19H2,1-3H3,(H,25,26);1H. The van der Waals surface area contributed by atoms with Crippen LogP contribution in [-0.2, 0) is 6.42 Å². The Morgan fingerprint density at radius 3 is 2.68 bits per heavy atom. The highest BCUT2D eigenvalue weighted by atomic mass is 127. The van der Waals surface area contributed by atoms with Crippen LogP contribution in [0.1, 0.15) is 45.1 Å². The molecule has 0 radical (unpaired) electrons. The monoisotopic (exact) mass is 544 g/mol. The van der Waals surface area contributed by atoms with E-state index in [1.165, 1.54) is 44.5 Å². The molecule has 2 saturated heterocycles. The molecule has 31 heavy (non-hydrogen) atoms. The molecule has 0 bridgehead atoms. The van der Waals surface area contributed by atoms with Crippen LogP contribution in [0, 0.1) is 5.92 Å². The van der Waals surface area contributed by atoms with Crippen molar-refractivity contribution in [1.29, 1.82) is 0 Å². The predicted molar refractivity (Wildman–Crippen MR) is 139 cm³/mol. The first-order chi connectivity index (χ1) is 14.7. The number of halogens is 1. The molecular formula is C24H41IN4O2. The largest absolute Gasteiger partial charge is 0.493 e. The van der Waals surface area contributed by atoms with E-state index in [-0.39, 0.29) is 24.0 Å². The Labute approximate surface area is 205 Å². The van der Waals surface area contributed by atoms with Gasteiger partial charge in [0, 0.05) is 32.7 Å². The molecule has 7 heteroatoms. The van der Waals surface area contributed by atoms with Crippen molar-refractivity contribution >= 4 is 29.9 Å². The van der Waals surface area contributed by atoms with Crippen molar-refractivity contribution in [3.05, 3.63) is 23.8 Å². The van der Waals surface area contributed by atoms with Gasteiger partial charge in [-0.1, -0.05) is 6.07 Å². The summed E-state index contributed by atoms with van der Waals surface area (Å²) in [6.07, 6.45) is 6.05. The quantitative estimate of drug-likeness (QED) is 0.209. The number of benzene rings is 1. The number of hydrogen-bond donors (Lipinski definition) is 1. The van der Waals surface area contributed by atoms with Crippen molar-refractivity contribution < 1.29 is 9.47 Å². The number of nitrogens with one attached hydrogen (secondary N) is 1. The van der Waals surface area contributed by atoms with Crippen LogP contribution in [0.5, 0.6) is 11.5 Å². The van der Waals surface area contributed by atoms with Gasteiger partial charge in [-0.25, -0.2) is 0 Å². The van der Waals surface area contributed by atoms with Crippen LogP contribution < -0.4 is 14.8 Å². The highest BCUT2D eigenvalue weighted by Gasteiger charge is 2.27. The first-order valence-electron chi connectivity index (χ1n) is 11.8. The van der Waals surface area contributed by atoms with Crippen LogP contribution in [0.2, 0.25) is 0 Å². The first-order valence-corrected chi connectivity index (χ1v) is 11.8. The fourth-order valence-corrected chi connectivity index (χ4v) is 4.54. The third-order valence-electron chi connectivity index (χ3n) is 6.05. The van der Waals surface area contributed by atoms with Crippen molar-refractivity contribution in [2.75, 3.05) is 59.5 Å². The zero-order valence-corrected chi connectivity index (χ0v) is 21.9. The van der Waals surface area contributed by atoms with E-state index < -0.39 is 0 Å². The van der Waals surface area contributed by atoms with E-state index in [0.29, 0.717) is 6.61 Å². The SMILES string of the molecule is CCNC(=NCCCc1ccc(OC)c(OCC)c1)N1CCC(CN2CCCC2)C1.I. The van der Waals surface area contributed by atoms with Gasteiger partial charge in [0.05, 0.1) is 13.7 Å². The minimum atomic E-state index is 0. The average Bonchev–Trinajstić information content (AvgIpc) is 3.43. The summed E-state index contributed by atoms with van der Waals surface area (Å²) in [5.74, 6) is 3.50. The zero-order valence-electron chi connectivity index (χ0n) is 19.6. The minimum Gasteiger partial charge on any atom is -0.493 e. The summed E-state index contributed by atoms with van der Waals surface area (Å²) >= 11 is 0. The summed E-state index contributed by atoms with van der Waals surface area (Å²) in [7, 11) is 1.68. The van der Waals surface area contributed by atoms with E-state index >= 15 is 0 Å². The summed E-state index contributed by atoms with van der Waals surface area (Å²) in [5, 5.41) is 3.50. The van der Waals surface area contributed by atoms with Crippen LogP contribution in [0.4, 0.5) is 0 Å². The molecule has 2 aliphatic rings. The van der Waals surface area contributed by atoms with Gasteiger partial charge in [-0.3, -0.25) is 4.99 Å². The summed E-state index contributed by atoms with van der Waals surface area (Å²) < 4.78 is 11.1. The number of likely N-dealkylation sites (tertiary alicyclic amines) is 2. The second-order valence-corrected chi connectivity index (χ2v) is 8.37. The molecule has 1 aromatic rings. The fourth-order valence-electron chi connectivity index (χ4n) is 4.54. The summed E-state index contributed by atoms with van der Waals surface area (Å²) in [6.45, 7) is 12.7. The van der Waals surface area contributed by atoms with Gasteiger partial charge in [0.1, 0.15) is 0 Å². The van der Waals surface area contributed by atoms with E-state index in [1.54, 1.807) is 7.11 Å². The molecule has 6 nitrogen and oxygen atoms in total. The molecule has 2 aliphatic heterocycles. The number of ether oxygens (including phenoxy) is 2. The smallest absolute Gasteiger partial charge is 0.193 e. The lowest BCUT2D eigenvalue weighted by Crippen LogP contribution is -2.40. The molecule has 0 aliphatic carbocycles. The van der Waals surface area contributed by atoms with Crippen LogP contribution >= 0.6 is 24.0 Å². The Balaban J connectivity index is 0.00000341. The number of nitrogens with zero attached hydrogens (tertiary/aromatic N) is 3. The highest BCUT2D eigenvalue weighted by Crippen LogP contribution is 2.28. The Bertz CT molecular complexity index is 680. The van der Waals surface area contributed by atoms with Crippen LogP contribution in [0.15, 0.2) is 23.2 Å². The van der Waals surface area contributed by atoms with E-state index in [0.717, 1.165) is 62.4 Å². The highest BCUT2D eigenvalue weighted by molar-refractivity contribution is 14.0. The van der Waals surface area contributed by atoms with Crippen LogP contribution in [-0.4, -0.2) is 75.3 Å². The normalized spacial score (nSPS) is 19.4. The van der Waals surface area contributed by atoms with Crippen molar-refractivity contribution in [3.63, 3.8) is 0 Å². The first kappa shape index (κ1) is 26.0. The third-order valence-corrected chi connectivity index (χ3v) is 6.05. The molecule has 2 heterocycles. The number of aliphatic imine (C=N–C) groups is 1. The Morgan fingerprint density at radius 1 is 1.16 bits per heavy atom. The maximum atomic E-state index is 5.70. The van der Waals surface area contributed by atoms with Crippen molar-refractivity contribution in [3.8, 4) is 11.5 Å². The van der Waals surface area contributed by atoms with E-state index in [4.69, 9.17) is 14.5 Å². The third kappa shape index (κ3) is 8.00. The van der Waals surface area contributed by atoms with Gasteiger partial charge >= 0.3 is 0 Å². The lowest BCUT2D eigenvalue weighted by molar-refractivity contribution is 0.281. The lowest BCUT2D eigenvalue weighted by Gasteiger charge is -2.23. The van der Waals surface area contributed by atoms with Crippen molar-refractivity contribution in [2.45, 2.75) is 46.0 Å². The van der Waals surface area contributed by atoms with Gasteiger partial charge in [-0.15, -0.1) is 24.0 Å². The van der Waals surface area contributed by atoms with Crippen molar-refractivity contribution in [1.82, 2.24) is 15.1 Å². The van der Waals surface area contributed by atoms with Gasteiger partial charge < -0.3 is 24.6 Å². The van der Waals surface area contributed by atoms with Gasteiger partial charge in [0.25, 0.3) is 0 Å². The Hall–Kier alpha value is -1.22. The number of aryl methyl sites for hydroxylation is 1. The van der Waals surface area contributed by atoms with Crippen LogP contribution in [0.25, 0.3) is 0 Å². The molecule has 1 N–H and O–H groups in total. The Morgan fingerprint density at radius 2 is 1.97 bits per heavy atom. The molecule has 176 valence electrons.